The third kappa shape index (κ3) is 7.91. The Morgan fingerprint density at radius 3 is 2.20 bits per heavy atom. The molecule has 1 N–H and O–H groups in total. The summed E-state index contributed by atoms with van der Waals surface area (Å²) in [5, 5.41) is 18.0. The summed E-state index contributed by atoms with van der Waals surface area (Å²) in [6, 6.07) is 26.8. The lowest BCUT2D eigenvalue weighted by Gasteiger charge is -2.55. The van der Waals surface area contributed by atoms with Gasteiger partial charge < -0.3 is 33.2 Å². The molecule has 13 heteroatoms. The summed E-state index contributed by atoms with van der Waals surface area (Å²) < 4.78 is 31.4. The Morgan fingerprint density at radius 2 is 1.56 bits per heavy atom. The van der Waals surface area contributed by atoms with E-state index in [1.807, 2.05) is 124 Å². The molecule has 1 aromatic heterocycles. The molecule has 12 nitrogen and oxygen atoms in total. The van der Waals surface area contributed by atoms with Crippen LogP contribution >= 0.6 is 0 Å². The predicted octanol–water partition coefficient (Wildman–Crippen LogP) is 10.6. The lowest BCUT2D eigenvalue weighted by atomic mass is 9.57. The van der Waals surface area contributed by atoms with E-state index in [0.29, 0.717) is 36.1 Å². The number of aliphatic hydroxyl groups excluding tert-OH is 1. The highest BCUT2D eigenvalue weighted by Crippen LogP contribution is 2.59. The number of ether oxygens (including phenoxy) is 3. The average Bonchev–Trinajstić information content (AvgIpc) is 3.64. The van der Waals surface area contributed by atoms with Crippen LogP contribution in [0.3, 0.4) is 0 Å². The van der Waals surface area contributed by atoms with E-state index in [-0.39, 0.29) is 40.7 Å². The van der Waals surface area contributed by atoms with Gasteiger partial charge in [-0.05, 0) is 117 Å². The van der Waals surface area contributed by atoms with Gasteiger partial charge in [0.2, 0.25) is 11.6 Å². The number of fused-ring (bicyclic) bond motifs is 5. The van der Waals surface area contributed by atoms with Crippen LogP contribution in [0, 0.1) is 11.8 Å². The van der Waals surface area contributed by atoms with Crippen LogP contribution in [0.4, 0.5) is 10.5 Å². The molecular formula is C51H59N3O9Si. The normalized spacial score (nSPS) is 21.0. The first-order valence-electron chi connectivity index (χ1n) is 21.9. The number of benzene rings is 4. The third-order valence-electron chi connectivity index (χ3n) is 13.3. The van der Waals surface area contributed by atoms with E-state index in [4.69, 9.17) is 23.2 Å². The Hall–Kier alpha value is -5.76. The number of carbonyl (C=O) groups excluding carboxylic acids is 3. The van der Waals surface area contributed by atoms with E-state index in [2.05, 4.69) is 30.8 Å². The standard InChI is InChI=1S/C51H59N3O9Si/c1-49(2,3)61-48(58)60-43-36-24-31(28-54(9)35-20-16-13-17-21-35)22-23-32(36)25-33-26-34-27-37-41(53(7)8)44-40(47(52-62-44)59-29-30-18-14-12-15-19-30)46(57)51(37,63-64(10,11)50(4,5)6)45(56)39(34)42(55)38(33)43/h12-25,34,37,41,55H,26-29H2,1-11H3/t34-,37-,41-,51-/m0/s1. The number of para-hydroxylation sites is 1. The molecule has 8 rings (SSSR count). The van der Waals surface area contributed by atoms with Gasteiger partial charge in [-0.1, -0.05) is 87.5 Å². The second-order valence-corrected chi connectivity index (χ2v) is 24.9. The molecule has 3 aliphatic carbocycles. The molecule has 0 saturated heterocycles. The Kier molecular flexibility index (Phi) is 11.4. The summed E-state index contributed by atoms with van der Waals surface area (Å²) >= 11 is 0. The minimum atomic E-state index is -2.98. The minimum absolute atomic E-state index is 0.0253. The molecule has 4 atom stereocenters. The smallest absolute Gasteiger partial charge is 0.507 e. The van der Waals surface area contributed by atoms with E-state index < -0.39 is 60.2 Å². The van der Waals surface area contributed by atoms with E-state index >= 15 is 9.59 Å². The molecule has 5 aromatic rings. The molecule has 1 fully saturated rings. The van der Waals surface area contributed by atoms with Gasteiger partial charge in [-0.2, -0.15) is 0 Å². The summed E-state index contributed by atoms with van der Waals surface area (Å²) in [7, 11) is 2.79. The summed E-state index contributed by atoms with van der Waals surface area (Å²) in [6.07, 6.45) is -0.352. The molecule has 64 heavy (non-hydrogen) atoms. The van der Waals surface area contributed by atoms with Crippen LogP contribution in [-0.4, -0.2) is 73.5 Å². The van der Waals surface area contributed by atoms with Crippen LogP contribution in [0.1, 0.15) is 92.4 Å². The van der Waals surface area contributed by atoms with Crippen LogP contribution in [-0.2, 0) is 33.5 Å². The van der Waals surface area contributed by atoms with Crippen LogP contribution in [0.15, 0.2) is 95.0 Å². The van der Waals surface area contributed by atoms with E-state index in [0.717, 1.165) is 22.2 Å². The highest BCUT2D eigenvalue weighted by atomic mass is 28.4. The Morgan fingerprint density at radius 1 is 0.891 bits per heavy atom. The molecule has 0 spiro atoms. The number of aromatic nitrogens is 1. The van der Waals surface area contributed by atoms with E-state index in [9.17, 15) is 9.90 Å². The second kappa shape index (κ2) is 16.3. The first kappa shape index (κ1) is 44.8. The van der Waals surface area contributed by atoms with E-state index in [1.165, 1.54) is 0 Å². The van der Waals surface area contributed by atoms with Gasteiger partial charge in [-0.25, -0.2) is 4.79 Å². The van der Waals surface area contributed by atoms with Crippen molar-refractivity contribution in [2.45, 2.75) is 103 Å². The van der Waals surface area contributed by atoms with Gasteiger partial charge >= 0.3 is 6.16 Å². The molecule has 0 bridgehead atoms. The van der Waals surface area contributed by atoms with Gasteiger partial charge in [0.15, 0.2) is 25.4 Å². The molecule has 0 radical (unpaired) electrons. The molecule has 0 unspecified atom stereocenters. The lowest BCUT2D eigenvalue weighted by molar-refractivity contribution is -0.140. The number of ketones is 2. The second-order valence-electron chi connectivity index (χ2n) is 20.2. The molecular weight excluding hydrogens is 827 g/mol. The Labute approximate surface area is 376 Å². The first-order valence-corrected chi connectivity index (χ1v) is 24.8. The number of aliphatic hydroxyl groups is 1. The summed E-state index contributed by atoms with van der Waals surface area (Å²) in [4.78, 5) is 49.5. The maximum atomic E-state index is 16.0. The molecule has 336 valence electrons. The zero-order valence-electron chi connectivity index (χ0n) is 38.7. The minimum Gasteiger partial charge on any atom is -0.507 e. The van der Waals surface area contributed by atoms with Crippen molar-refractivity contribution in [3.63, 3.8) is 0 Å². The summed E-state index contributed by atoms with van der Waals surface area (Å²) in [5.41, 5.74) is 0.853. The quantitative estimate of drug-likeness (QED) is 0.0618. The van der Waals surface area contributed by atoms with Crippen LogP contribution in [0.5, 0.6) is 11.6 Å². The van der Waals surface area contributed by atoms with Gasteiger partial charge in [0.1, 0.15) is 23.5 Å². The summed E-state index contributed by atoms with van der Waals surface area (Å²) in [6.45, 7) is 16.1. The predicted molar refractivity (Wildman–Crippen MR) is 248 cm³/mol. The molecule has 4 aromatic carbocycles. The Balaban J connectivity index is 1.31. The molecule has 3 aliphatic rings. The highest BCUT2D eigenvalue weighted by molar-refractivity contribution is 6.74. The van der Waals surface area contributed by atoms with Crippen molar-refractivity contribution in [2.75, 3.05) is 26.0 Å². The number of anilines is 1. The summed E-state index contributed by atoms with van der Waals surface area (Å²) in [5.74, 6) is -2.49. The van der Waals surface area contributed by atoms with Crippen molar-refractivity contribution in [3.8, 4) is 11.6 Å². The largest absolute Gasteiger partial charge is 0.514 e. The van der Waals surface area contributed by atoms with Crippen molar-refractivity contribution >= 4 is 48.3 Å². The van der Waals surface area contributed by atoms with Crippen LogP contribution in [0.2, 0.25) is 18.1 Å². The maximum absolute atomic E-state index is 16.0. The fourth-order valence-corrected chi connectivity index (χ4v) is 10.8. The monoisotopic (exact) mass is 885 g/mol. The van der Waals surface area contributed by atoms with Crippen molar-refractivity contribution < 1.29 is 42.6 Å². The van der Waals surface area contributed by atoms with Gasteiger partial charge in [-0.15, -0.1) is 0 Å². The van der Waals surface area contributed by atoms with Crippen molar-refractivity contribution in [1.82, 2.24) is 10.1 Å². The van der Waals surface area contributed by atoms with E-state index in [1.54, 1.807) is 20.8 Å². The topological polar surface area (TPSA) is 141 Å². The maximum Gasteiger partial charge on any atom is 0.514 e. The first-order chi connectivity index (χ1) is 30.1. The fraction of sp³-hybridized carbons (Fsp3) is 0.412. The molecule has 1 heterocycles. The fourth-order valence-electron chi connectivity index (χ4n) is 9.36. The lowest BCUT2D eigenvalue weighted by Crippen LogP contribution is -2.68. The number of hydrogen-bond acceptors (Lipinski definition) is 12. The number of hydrogen-bond donors (Lipinski definition) is 1. The van der Waals surface area contributed by atoms with Gasteiger partial charge in [0, 0.05) is 36.2 Å². The number of rotatable bonds is 10. The SMILES string of the molecule is CN(Cc1ccc2cc3c(c(OC(=O)OC(C)(C)C)c2c1)C(O)=C1C(=O)[C@]2(O[Si](C)(C)C(C)(C)C)C(=O)c4c(OCc5ccccc5)noc4[C@@H](N(C)C)[C@@H]2C[C@@H]1C3)c1ccccc1. The zero-order chi connectivity index (χ0) is 46.1. The highest BCUT2D eigenvalue weighted by Gasteiger charge is 2.69. The van der Waals surface area contributed by atoms with Crippen LogP contribution < -0.4 is 14.4 Å². The van der Waals surface area contributed by atoms with Crippen molar-refractivity contribution in [3.05, 3.63) is 124 Å². The average molecular weight is 886 g/mol. The Bertz CT molecular complexity index is 2660. The molecule has 0 aliphatic heterocycles. The number of Topliss-reactive ketones (excluding diaryl/α,β-unsaturated/α-hetero) is 2. The van der Waals surface area contributed by atoms with Crippen molar-refractivity contribution in [1.29, 1.82) is 0 Å². The van der Waals surface area contributed by atoms with Gasteiger partial charge in [0.05, 0.1) is 11.6 Å². The van der Waals surface area contributed by atoms with Gasteiger partial charge in [0.25, 0.3) is 5.88 Å². The number of carbonyl (C=O) groups is 3. The van der Waals surface area contributed by atoms with Gasteiger partial charge in [-0.3, -0.25) is 14.5 Å². The van der Waals surface area contributed by atoms with Crippen molar-refractivity contribution in [2.24, 2.45) is 11.8 Å². The third-order valence-corrected chi connectivity index (χ3v) is 17.8. The number of nitrogens with zero attached hydrogens (tertiary/aromatic N) is 3. The molecule has 0 amide bonds. The zero-order valence-corrected chi connectivity index (χ0v) is 39.7. The van der Waals surface area contributed by atoms with Crippen LogP contribution in [0.25, 0.3) is 16.5 Å². The molecule has 1 saturated carbocycles.